The van der Waals surface area contributed by atoms with Gasteiger partial charge in [0.2, 0.25) is 0 Å². The average Bonchev–Trinajstić information content (AvgIpc) is 3.49. The number of nitrogens with zero attached hydrogens (tertiary/aromatic N) is 4. The van der Waals surface area contributed by atoms with E-state index >= 15 is 0 Å². The van der Waals surface area contributed by atoms with E-state index in [1.807, 2.05) is 50.5 Å². The fourth-order valence-corrected chi connectivity index (χ4v) is 4.59. The van der Waals surface area contributed by atoms with Gasteiger partial charge in [0.25, 0.3) is 0 Å². The molecule has 0 fully saturated rings. The second kappa shape index (κ2) is 9.65. The first-order chi connectivity index (χ1) is 16.6. The molecule has 0 spiro atoms. The van der Waals surface area contributed by atoms with Gasteiger partial charge in [-0.3, -0.25) is 4.98 Å². The van der Waals surface area contributed by atoms with Crippen LogP contribution in [-0.4, -0.2) is 58.0 Å². The summed E-state index contributed by atoms with van der Waals surface area (Å²) < 4.78 is 5.84. The molecule has 34 heavy (non-hydrogen) atoms. The van der Waals surface area contributed by atoms with E-state index in [0.717, 1.165) is 71.2 Å². The van der Waals surface area contributed by atoms with Crippen LogP contribution in [0.25, 0.3) is 22.6 Å². The van der Waals surface area contributed by atoms with Crippen LogP contribution >= 0.6 is 0 Å². The number of allylic oxidation sites excluding steroid dienone is 4. The second-order valence-corrected chi connectivity index (χ2v) is 8.99. The molecule has 1 atom stereocenters. The minimum absolute atomic E-state index is 0.176. The summed E-state index contributed by atoms with van der Waals surface area (Å²) in [7, 11) is 4.07. The Balaban J connectivity index is 1.44. The number of hydrogen-bond donors (Lipinski definition) is 2. The first-order valence-corrected chi connectivity index (χ1v) is 11.6. The summed E-state index contributed by atoms with van der Waals surface area (Å²) in [5, 5.41) is 12.8. The third-order valence-electron chi connectivity index (χ3n) is 6.43. The Morgan fingerprint density at radius 2 is 1.88 bits per heavy atom. The number of likely N-dealkylation sites (N-methyl/N-ethyl adjacent to an activating group) is 1. The highest BCUT2D eigenvalue weighted by molar-refractivity contribution is 6.05. The molecule has 7 heteroatoms. The zero-order valence-corrected chi connectivity index (χ0v) is 19.5. The van der Waals surface area contributed by atoms with Gasteiger partial charge in [0, 0.05) is 36.0 Å². The van der Waals surface area contributed by atoms with Gasteiger partial charge < -0.3 is 19.8 Å². The van der Waals surface area contributed by atoms with E-state index in [-0.39, 0.29) is 5.92 Å². The minimum Gasteiger partial charge on any atom is -0.492 e. The Morgan fingerprint density at radius 1 is 1.09 bits per heavy atom. The van der Waals surface area contributed by atoms with Gasteiger partial charge in [0.15, 0.2) is 0 Å². The number of aromatic nitrogens is 3. The van der Waals surface area contributed by atoms with Crippen molar-refractivity contribution >= 4 is 5.71 Å². The molecular weight excluding hydrogens is 426 g/mol. The normalized spacial score (nSPS) is 18.7. The Hall–Kier alpha value is -3.71. The lowest BCUT2D eigenvalue weighted by atomic mass is 9.87. The van der Waals surface area contributed by atoms with Crippen molar-refractivity contribution in [1.29, 1.82) is 0 Å². The van der Waals surface area contributed by atoms with Crippen LogP contribution in [0.5, 0.6) is 5.75 Å². The average molecular weight is 456 g/mol. The summed E-state index contributed by atoms with van der Waals surface area (Å²) in [6.07, 6.45) is 10.5. The quantitative estimate of drug-likeness (QED) is 0.385. The maximum Gasteiger partial charge on any atom is 0.138 e. The van der Waals surface area contributed by atoms with E-state index in [2.05, 4.69) is 32.2 Å². The number of hydrogen-bond acceptors (Lipinski definition) is 6. The van der Waals surface area contributed by atoms with Crippen LogP contribution in [-0.2, 0) is 0 Å². The smallest absolute Gasteiger partial charge is 0.138 e. The Morgan fingerprint density at radius 3 is 2.62 bits per heavy atom. The molecule has 0 saturated carbocycles. The van der Waals surface area contributed by atoms with Gasteiger partial charge in [-0.1, -0.05) is 22.9 Å². The summed E-state index contributed by atoms with van der Waals surface area (Å²) in [5.41, 5.74) is 7.30. The van der Waals surface area contributed by atoms with Crippen LogP contribution in [0.4, 0.5) is 0 Å². The molecule has 2 aliphatic rings. The standard InChI is InChI=1S/C27H29N5O2/c1-32(2)15-16-34-22-7-3-19(4-8-22)27-29-25(18-11-13-28-14-12-18)26(30-27)21-5-9-23-20(17-21)6-10-24(23)31-33/h3-5,7-9,11-14,21,33H,6,10,15-17H2,1-2H3,(H,29,30)/b31-24+. The third kappa shape index (κ3) is 4.52. The van der Waals surface area contributed by atoms with Crippen LogP contribution < -0.4 is 4.74 Å². The number of nitrogens with one attached hydrogen (secondary N) is 1. The van der Waals surface area contributed by atoms with Gasteiger partial charge in [-0.2, -0.15) is 0 Å². The van der Waals surface area contributed by atoms with Crippen molar-refractivity contribution in [3.05, 3.63) is 77.8 Å². The van der Waals surface area contributed by atoms with E-state index in [1.54, 1.807) is 12.4 Å². The molecule has 0 saturated heterocycles. The molecule has 3 aromatic rings. The largest absolute Gasteiger partial charge is 0.492 e. The van der Waals surface area contributed by atoms with E-state index in [0.29, 0.717) is 6.61 Å². The van der Waals surface area contributed by atoms with Crippen molar-refractivity contribution in [2.45, 2.75) is 25.2 Å². The number of rotatable bonds is 7. The number of aromatic amines is 1. The Labute approximate surface area is 199 Å². The summed E-state index contributed by atoms with van der Waals surface area (Å²) >= 11 is 0. The number of oxime groups is 1. The predicted molar refractivity (Wildman–Crippen MR) is 133 cm³/mol. The van der Waals surface area contributed by atoms with Crippen molar-refractivity contribution < 1.29 is 9.94 Å². The first kappa shape index (κ1) is 22.1. The molecule has 2 heterocycles. The molecule has 0 bridgehead atoms. The maximum atomic E-state index is 9.29. The van der Waals surface area contributed by atoms with E-state index in [9.17, 15) is 5.21 Å². The van der Waals surface area contributed by atoms with Gasteiger partial charge in [-0.15, -0.1) is 0 Å². The molecule has 0 radical (unpaired) electrons. The fraction of sp³-hybridized carbons (Fsp3) is 0.296. The number of ether oxygens (including phenoxy) is 1. The topological polar surface area (TPSA) is 86.6 Å². The second-order valence-electron chi connectivity index (χ2n) is 8.99. The Bertz CT molecular complexity index is 1240. The highest BCUT2D eigenvalue weighted by Crippen LogP contribution is 2.41. The van der Waals surface area contributed by atoms with Gasteiger partial charge in [-0.05, 0) is 75.3 Å². The number of imidazole rings is 1. The lowest BCUT2D eigenvalue weighted by Gasteiger charge is -2.19. The summed E-state index contributed by atoms with van der Waals surface area (Å²) in [5.74, 6) is 1.86. The van der Waals surface area contributed by atoms with Crippen LogP contribution in [0.2, 0.25) is 0 Å². The maximum absolute atomic E-state index is 9.29. The molecule has 1 aromatic carbocycles. The number of H-pyrrole nitrogens is 1. The summed E-state index contributed by atoms with van der Waals surface area (Å²) in [6.45, 7) is 1.52. The lowest BCUT2D eigenvalue weighted by molar-refractivity contribution is 0.261. The van der Waals surface area contributed by atoms with Crippen molar-refractivity contribution in [3.8, 4) is 28.4 Å². The number of pyridine rings is 1. The number of benzene rings is 1. The first-order valence-electron chi connectivity index (χ1n) is 11.6. The van der Waals surface area contributed by atoms with Crippen molar-refractivity contribution in [1.82, 2.24) is 19.9 Å². The zero-order valence-electron chi connectivity index (χ0n) is 19.5. The molecule has 174 valence electrons. The highest BCUT2D eigenvalue weighted by Gasteiger charge is 2.28. The van der Waals surface area contributed by atoms with Crippen molar-refractivity contribution in [2.75, 3.05) is 27.2 Å². The van der Waals surface area contributed by atoms with E-state index in [4.69, 9.17) is 9.72 Å². The van der Waals surface area contributed by atoms with Crippen molar-refractivity contribution in [2.24, 2.45) is 5.16 Å². The molecule has 1 unspecified atom stereocenters. The molecule has 5 rings (SSSR count). The highest BCUT2D eigenvalue weighted by atomic mass is 16.5. The molecule has 7 nitrogen and oxygen atoms in total. The van der Waals surface area contributed by atoms with Crippen LogP contribution in [0.3, 0.4) is 0 Å². The van der Waals surface area contributed by atoms with Crippen LogP contribution in [0.1, 0.15) is 30.9 Å². The van der Waals surface area contributed by atoms with Crippen LogP contribution in [0.15, 0.2) is 77.2 Å². The molecular formula is C27H29N5O2. The fourth-order valence-electron chi connectivity index (χ4n) is 4.59. The third-order valence-corrected chi connectivity index (χ3v) is 6.43. The summed E-state index contributed by atoms with van der Waals surface area (Å²) in [6, 6.07) is 12.1. The zero-order chi connectivity index (χ0) is 23.5. The Kier molecular flexibility index (Phi) is 6.27. The molecule has 2 N–H and O–H groups in total. The summed E-state index contributed by atoms with van der Waals surface area (Å²) in [4.78, 5) is 14.9. The lowest BCUT2D eigenvalue weighted by Crippen LogP contribution is -2.19. The molecule has 2 aromatic heterocycles. The monoisotopic (exact) mass is 455 g/mol. The van der Waals surface area contributed by atoms with Crippen LogP contribution in [0, 0.1) is 0 Å². The minimum atomic E-state index is 0.176. The molecule has 0 amide bonds. The van der Waals surface area contributed by atoms with Gasteiger partial charge >= 0.3 is 0 Å². The predicted octanol–water partition coefficient (Wildman–Crippen LogP) is 5.04. The van der Waals surface area contributed by atoms with Gasteiger partial charge in [0.05, 0.1) is 17.1 Å². The SMILES string of the molecule is CN(C)CCOc1ccc(-c2nc(-c3ccncc3)c(C3C=CC4=C(CC/C4=N\O)C3)[nH]2)cc1. The van der Waals surface area contributed by atoms with Gasteiger partial charge in [0.1, 0.15) is 18.2 Å². The molecule has 2 aliphatic carbocycles. The van der Waals surface area contributed by atoms with E-state index in [1.165, 1.54) is 5.57 Å². The van der Waals surface area contributed by atoms with Gasteiger partial charge in [-0.25, -0.2) is 4.98 Å². The van der Waals surface area contributed by atoms with Crippen molar-refractivity contribution in [3.63, 3.8) is 0 Å². The van der Waals surface area contributed by atoms with E-state index < -0.39 is 0 Å². The molecule has 0 aliphatic heterocycles.